The molecule has 0 unspecified atom stereocenters. The Morgan fingerprint density at radius 2 is 2.08 bits per heavy atom. The molecule has 1 N–H and O–H groups in total. The molecule has 1 amide bonds. The van der Waals surface area contributed by atoms with Gasteiger partial charge < -0.3 is 14.8 Å². The molecule has 0 spiro atoms. The van der Waals surface area contributed by atoms with Gasteiger partial charge in [0.15, 0.2) is 11.5 Å². The maximum absolute atomic E-state index is 12.4. The minimum absolute atomic E-state index is 0.0403. The van der Waals surface area contributed by atoms with Gasteiger partial charge in [0.05, 0.1) is 25.4 Å². The van der Waals surface area contributed by atoms with Gasteiger partial charge in [-0.2, -0.15) is 0 Å². The first-order valence-electron chi connectivity index (χ1n) is 8.77. The van der Waals surface area contributed by atoms with Crippen LogP contribution in [-0.2, 0) is 21.4 Å². The van der Waals surface area contributed by atoms with Crippen molar-refractivity contribution in [1.29, 1.82) is 0 Å². The van der Waals surface area contributed by atoms with Crippen LogP contribution in [0.1, 0.15) is 32.3 Å². The van der Waals surface area contributed by atoms with Gasteiger partial charge in [0.25, 0.3) is 0 Å². The molecule has 0 aromatic heterocycles. The van der Waals surface area contributed by atoms with Crippen molar-refractivity contribution in [3.8, 4) is 11.5 Å². The van der Waals surface area contributed by atoms with Crippen molar-refractivity contribution >= 4 is 15.9 Å². The van der Waals surface area contributed by atoms with E-state index in [2.05, 4.69) is 5.32 Å². The van der Waals surface area contributed by atoms with Crippen molar-refractivity contribution in [2.45, 2.75) is 39.3 Å². The van der Waals surface area contributed by atoms with Crippen molar-refractivity contribution in [2.75, 3.05) is 26.5 Å². The number of methoxy groups -OCH3 is 1. The number of ether oxygens (including phenoxy) is 2. The lowest BCUT2D eigenvalue weighted by Gasteiger charge is -2.30. The van der Waals surface area contributed by atoms with Crippen LogP contribution in [0.2, 0.25) is 0 Å². The van der Waals surface area contributed by atoms with E-state index < -0.39 is 10.0 Å². The predicted octanol–water partition coefficient (Wildman–Crippen LogP) is 1.77. The molecule has 0 aliphatic carbocycles. The Morgan fingerprint density at radius 3 is 2.69 bits per heavy atom. The molecular formula is C18H28N2O5S. The molecule has 1 aromatic rings. The minimum Gasteiger partial charge on any atom is -0.493 e. The van der Waals surface area contributed by atoms with Gasteiger partial charge in [-0.25, -0.2) is 12.7 Å². The monoisotopic (exact) mass is 384 g/mol. The van der Waals surface area contributed by atoms with E-state index in [-0.39, 0.29) is 24.5 Å². The second-order valence-electron chi connectivity index (χ2n) is 6.83. The SMILES string of the molecule is COc1cc(CNC(=O)[C@H]2CCCN(S(C)(=O)=O)C2)ccc1OC(C)C. The van der Waals surface area contributed by atoms with E-state index in [1.54, 1.807) is 7.11 Å². The number of carbonyl (C=O) groups is 1. The Hall–Kier alpha value is -1.80. The molecule has 8 heteroatoms. The standard InChI is InChI=1S/C18H28N2O5S/c1-13(2)25-16-8-7-14(10-17(16)24-3)11-19-18(21)15-6-5-9-20(12-15)26(4,22)23/h7-8,10,13,15H,5-6,9,11-12H2,1-4H3,(H,19,21)/t15-/m0/s1. The van der Waals surface area contributed by atoms with Gasteiger partial charge in [-0.1, -0.05) is 6.07 Å². The van der Waals surface area contributed by atoms with Crippen LogP contribution in [0.3, 0.4) is 0 Å². The molecule has 1 aliphatic heterocycles. The lowest BCUT2D eigenvalue weighted by molar-refractivity contribution is -0.126. The van der Waals surface area contributed by atoms with Crippen LogP contribution in [-0.4, -0.2) is 51.2 Å². The summed E-state index contributed by atoms with van der Waals surface area (Å²) in [6.45, 7) is 4.97. The molecule has 1 heterocycles. The molecule has 0 saturated carbocycles. The molecule has 0 radical (unpaired) electrons. The van der Waals surface area contributed by atoms with Gasteiger partial charge in [-0.15, -0.1) is 0 Å². The van der Waals surface area contributed by atoms with Gasteiger partial charge in [0.1, 0.15) is 0 Å². The number of nitrogens with one attached hydrogen (secondary N) is 1. The summed E-state index contributed by atoms with van der Waals surface area (Å²) in [6, 6.07) is 5.54. The van der Waals surface area contributed by atoms with Gasteiger partial charge in [-0.05, 0) is 44.4 Å². The van der Waals surface area contributed by atoms with E-state index >= 15 is 0 Å². The van der Waals surface area contributed by atoms with Crippen molar-refractivity contribution in [1.82, 2.24) is 9.62 Å². The molecule has 7 nitrogen and oxygen atoms in total. The summed E-state index contributed by atoms with van der Waals surface area (Å²) < 4.78 is 35.8. The number of amides is 1. The summed E-state index contributed by atoms with van der Waals surface area (Å²) in [6.07, 6.45) is 2.61. The topological polar surface area (TPSA) is 84.9 Å². The predicted molar refractivity (Wildman–Crippen MR) is 99.7 cm³/mol. The summed E-state index contributed by atoms with van der Waals surface area (Å²) in [5.74, 6) is 0.837. The first-order chi connectivity index (χ1) is 12.2. The molecule has 2 rings (SSSR count). The Labute approximate surface area is 155 Å². The van der Waals surface area contributed by atoms with E-state index in [0.717, 1.165) is 5.56 Å². The summed E-state index contributed by atoms with van der Waals surface area (Å²) >= 11 is 0. The van der Waals surface area contributed by atoms with Crippen LogP contribution >= 0.6 is 0 Å². The van der Waals surface area contributed by atoms with Crippen molar-refractivity contribution in [3.63, 3.8) is 0 Å². The summed E-state index contributed by atoms with van der Waals surface area (Å²) in [4.78, 5) is 12.4. The Morgan fingerprint density at radius 1 is 1.35 bits per heavy atom. The molecular weight excluding hydrogens is 356 g/mol. The molecule has 26 heavy (non-hydrogen) atoms. The lowest BCUT2D eigenvalue weighted by Crippen LogP contribution is -2.44. The fourth-order valence-electron chi connectivity index (χ4n) is 2.96. The Balaban J connectivity index is 1.96. The second kappa shape index (κ2) is 8.73. The zero-order valence-electron chi connectivity index (χ0n) is 15.8. The van der Waals surface area contributed by atoms with E-state index in [4.69, 9.17) is 9.47 Å². The summed E-state index contributed by atoms with van der Waals surface area (Å²) in [7, 11) is -1.68. The number of carbonyl (C=O) groups excluding carboxylic acids is 1. The third-order valence-corrected chi connectivity index (χ3v) is 5.55. The van der Waals surface area contributed by atoms with E-state index in [0.29, 0.717) is 37.4 Å². The first kappa shape index (κ1) is 20.5. The van der Waals surface area contributed by atoms with Crippen LogP contribution in [0.5, 0.6) is 11.5 Å². The highest BCUT2D eigenvalue weighted by Gasteiger charge is 2.29. The van der Waals surface area contributed by atoms with Gasteiger partial charge >= 0.3 is 0 Å². The number of hydrogen-bond donors (Lipinski definition) is 1. The van der Waals surface area contributed by atoms with Crippen molar-refractivity contribution < 1.29 is 22.7 Å². The van der Waals surface area contributed by atoms with Crippen LogP contribution in [0, 0.1) is 5.92 Å². The molecule has 1 atom stereocenters. The maximum atomic E-state index is 12.4. The Bertz CT molecular complexity index is 733. The lowest BCUT2D eigenvalue weighted by atomic mass is 9.98. The third kappa shape index (κ3) is 5.60. The van der Waals surface area contributed by atoms with Crippen LogP contribution in [0.15, 0.2) is 18.2 Å². The highest BCUT2D eigenvalue weighted by molar-refractivity contribution is 7.88. The Kier molecular flexibility index (Phi) is 6.88. The van der Waals surface area contributed by atoms with E-state index in [9.17, 15) is 13.2 Å². The highest BCUT2D eigenvalue weighted by Crippen LogP contribution is 2.29. The first-order valence-corrected chi connectivity index (χ1v) is 10.6. The van der Waals surface area contributed by atoms with E-state index in [1.807, 2.05) is 32.0 Å². The average Bonchev–Trinajstić information content (AvgIpc) is 2.59. The van der Waals surface area contributed by atoms with Crippen molar-refractivity contribution in [2.24, 2.45) is 5.92 Å². The minimum atomic E-state index is -3.26. The third-order valence-electron chi connectivity index (χ3n) is 4.28. The highest BCUT2D eigenvalue weighted by atomic mass is 32.2. The van der Waals surface area contributed by atoms with Crippen LogP contribution < -0.4 is 14.8 Å². The average molecular weight is 384 g/mol. The zero-order chi connectivity index (χ0) is 19.3. The largest absolute Gasteiger partial charge is 0.493 e. The zero-order valence-corrected chi connectivity index (χ0v) is 16.6. The molecule has 1 aromatic carbocycles. The van der Waals surface area contributed by atoms with E-state index in [1.165, 1.54) is 10.6 Å². The van der Waals surface area contributed by atoms with Gasteiger partial charge in [-0.3, -0.25) is 4.79 Å². The summed E-state index contributed by atoms with van der Waals surface area (Å²) in [5.41, 5.74) is 0.891. The number of sulfonamides is 1. The summed E-state index contributed by atoms with van der Waals surface area (Å²) in [5, 5.41) is 2.90. The quantitative estimate of drug-likeness (QED) is 0.774. The molecule has 0 bridgehead atoms. The van der Waals surface area contributed by atoms with Gasteiger partial charge in [0.2, 0.25) is 15.9 Å². The second-order valence-corrected chi connectivity index (χ2v) is 8.81. The van der Waals surface area contributed by atoms with Crippen LogP contribution in [0.4, 0.5) is 0 Å². The smallest absolute Gasteiger partial charge is 0.224 e. The molecule has 1 aliphatic rings. The maximum Gasteiger partial charge on any atom is 0.224 e. The molecule has 1 saturated heterocycles. The molecule has 1 fully saturated rings. The number of benzene rings is 1. The fourth-order valence-corrected chi connectivity index (χ4v) is 3.88. The fraction of sp³-hybridized carbons (Fsp3) is 0.611. The van der Waals surface area contributed by atoms with Crippen LogP contribution in [0.25, 0.3) is 0 Å². The number of nitrogens with zero attached hydrogens (tertiary/aromatic N) is 1. The number of piperidine rings is 1. The van der Waals surface area contributed by atoms with Crippen molar-refractivity contribution in [3.05, 3.63) is 23.8 Å². The number of hydrogen-bond acceptors (Lipinski definition) is 5. The van der Waals surface area contributed by atoms with Gasteiger partial charge in [0, 0.05) is 19.6 Å². The molecule has 146 valence electrons. The normalized spacial score (nSPS) is 18.6. The number of rotatable bonds is 7.